The number of carbonyl (C=O) groups excluding carboxylic acids is 1. The minimum Gasteiger partial charge on any atom is -0.481 e. The maximum absolute atomic E-state index is 12.6. The molecule has 30 heavy (non-hydrogen) atoms. The zero-order valence-corrected chi connectivity index (χ0v) is 16.7. The van der Waals surface area contributed by atoms with Gasteiger partial charge in [-0.15, -0.1) is 0 Å². The van der Waals surface area contributed by atoms with Crippen LogP contribution in [-0.4, -0.2) is 40.2 Å². The Labute approximate surface area is 174 Å². The molecule has 0 spiro atoms. The van der Waals surface area contributed by atoms with Gasteiger partial charge in [0, 0.05) is 30.7 Å². The highest BCUT2D eigenvalue weighted by atomic mass is 16.5. The van der Waals surface area contributed by atoms with E-state index in [1.165, 1.54) is 6.20 Å². The number of carboxylic acid groups (broad SMARTS) is 1. The average Bonchev–Trinajstić information content (AvgIpc) is 3.21. The summed E-state index contributed by atoms with van der Waals surface area (Å²) in [5, 5.41) is 13.0. The van der Waals surface area contributed by atoms with Crippen molar-refractivity contribution in [3.8, 4) is 0 Å². The number of nitrogens with two attached hydrogens (primary N) is 1. The first-order valence-corrected chi connectivity index (χ1v) is 10.3. The summed E-state index contributed by atoms with van der Waals surface area (Å²) < 4.78 is 5.42. The Morgan fingerprint density at radius 2 is 2.03 bits per heavy atom. The van der Waals surface area contributed by atoms with Crippen LogP contribution in [0.2, 0.25) is 0 Å². The lowest BCUT2D eigenvalue weighted by atomic mass is 9.73. The SMILES string of the molecule is Nc1c[nH]c(C(=O)Nc2ccc(C3(C(=O)O)CCOCC3)cc2C2=CCCCC2)n1. The molecule has 0 saturated carbocycles. The number of rotatable bonds is 5. The minimum absolute atomic E-state index is 0.131. The van der Waals surface area contributed by atoms with Gasteiger partial charge >= 0.3 is 5.97 Å². The molecule has 2 heterocycles. The summed E-state index contributed by atoms with van der Waals surface area (Å²) in [6, 6.07) is 5.53. The van der Waals surface area contributed by atoms with Gasteiger partial charge < -0.3 is 25.9 Å². The second-order valence-electron chi connectivity index (χ2n) is 7.86. The molecule has 0 atom stereocenters. The van der Waals surface area contributed by atoms with Gasteiger partial charge in [0.05, 0.1) is 5.41 Å². The Kier molecular flexibility index (Phi) is 5.59. The third kappa shape index (κ3) is 3.82. The van der Waals surface area contributed by atoms with Crippen LogP contribution >= 0.6 is 0 Å². The van der Waals surface area contributed by atoms with Crippen LogP contribution in [0.25, 0.3) is 5.57 Å². The lowest BCUT2D eigenvalue weighted by Crippen LogP contribution is -2.41. The number of allylic oxidation sites excluding steroid dienone is 2. The first kappa shape index (κ1) is 20.2. The zero-order chi connectivity index (χ0) is 21.1. The highest BCUT2D eigenvalue weighted by Crippen LogP contribution is 2.40. The van der Waals surface area contributed by atoms with Crippen molar-refractivity contribution in [3.05, 3.63) is 47.4 Å². The highest BCUT2D eigenvalue weighted by molar-refractivity contribution is 6.03. The number of nitrogens with zero attached hydrogens (tertiary/aromatic N) is 1. The van der Waals surface area contributed by atoms with E-state index in [2.05, 4.69) is 21.4 Å². The van der Waals surface area contributed by atoms with Crippen LogP contribution in [0.1, 0.15) is 60.3 Å². The molecule has 158 valence electrons. The first-order chi connectivity index (χ1) is 14.5. The molecule has 1 saturated heterocycles. The van der Waals surface area contributed by atoms with Crippen molar-refractivity contribution >= 4 is 29.0 Å². The van der Waals surface area contributed by atoms with Crippen LogP contribution < -0.4 is 11.1 Å². The summed E-state index contributed by atoms with van der Waals surface area (Å²) in [4.78, 5) is 31.6. The Morgan fingerprint density at radius 1 is 1.23 bits per heavy atom. The molecule has 8 heteroatoms. The first-order valence-electron chi connectivity index (χ1n) is 10.3. The summed E-state index contributed by atoms with van der Waals surface area (Å²) in [7, 11) is 0. The second-order valence-corrected chi connectivity index (χ2v) is 7.86. The molecule has 2 aromatic rings. The van der Waals surface area contributed by atoms with E-state index in [4.69, 9.17) is 10.5 Å². The molecule has 0 bridgehead atoms. The average molecular weight is 410 g/mol. The number of carboxylic acids is 1. The lowest BCUT2D eigenvalue weighted by Gasteiger charge is -2.34. The van der Waals surface area contributed by atoms with E-state index in [0.717, 1.165) is 42.4 Å². The van der Waals surface area contributed by atoms with Crippen LogP contribution in [0, 0.1) is 0 Å². The Hall–Kier alpha value is -3.13. The number of hydrogen-bond donors (Lipinski definition) is 4. The van der Waals surface area contributed by atoms with Crippen LogP contribution in [0.5, 0.6) is 0 Å². The summed E-state index contributed by atoms with van der Waals surface area (Å²) in [6.45, 7) is 0.839. The number of hydrogen-bond acceptors (Lipinski definition) is 5. The summed E-state index contributed by atoms with van der Waals surface area (Å²) in [6.07, 6.45) is 8.56. The molecule has 1 aromatic carbocycles. The monoisotopic (exact) mass is 410 g/mol. The van der Waals surface area contributed by atoms with Gasteiger partial charge in [-0.2, -0.15) is 0 Å². The van der Waals surface area contributed by atoms with Crippen molar-refractivity contribution < 1.29 is 19.4 Å². The van der Waals surface area contributed by atoms with Crippen LogP contribution in [0.3, 0.4) is 0 Å². The fourth-order valence-electron chi connectivity index (χ4n) is 4.28. The van der Waals surface area contributed by atoms with E-state index in [-0.39, 0.29) is 11.6 Å². The molecule has 4 rings (SSSR count). The van der Waals surface area contributed by atoms with Crippen molar-refractivity contribution in [1.29, 1.82) is 0 Å². The molecular weight excluding hydrogens is 384 g/mol. The molecule has 8 nitrogen and oxygen atoms in total. The lowest BCUT2D eigenvalue weighted by molar-refractivity contribution is -0.147. The second kappa shape index (κ2) is 8.31. The van der Waals surface area contributed by atoms with Crippen LogP contribution in [0.4, 0.5) is 11.5 Å². The number of imidazole rings is 1. The minimum atomic E-state index is -0.972. The molecule has 2 aliphatic rings. The van der Waals surface area contributed by atoms with E-state index in [0.29, 0.717) is 31.7 Å². The van der Waals surface area contributed by atoms with Crippen molar-refractivity contribution in [2.45, 2.75) is 43.9 Å². The van der Waals surface area contributed by atoms with Crippen molar-refractivity contribution in [2.24, 2.45) is 0 Å². The van der Waals surface area contributed by atoms with E-state index in [1.54, 1.807) is 12.1 Å². The normalized spacial score (nSPS) is 18.5. The van der Waals surface area contributed by atoms with Crippen LogP contribution in [-0.2, 0) is 14.9 Å². The van der Waals surface area contributed by atoms with Gasteiger partial charge in [-0.25, -0.2) is 4.98 Å². The van der Waals surface area contributed by atoms with Gasteiger partial charge in [0.1, 0.15) is 5.82 Å². The Morgan fingerprint density at radius 3 is 2.67 bits per heavy atom. The fraction of sp³-hybridized carbons (Fsp3) is 0.409. The molecule has 1 aliphatic heterocycles. The quantitative estimate of drug-likeness (QED) is 0.598. The van der Waals surface area contributed by atoms with Crippen molar-refractivity contribution in [1.82, 2.24) is 9.97 Å². The fourth-order valence-corrected chi connectivity index (χ4v) is 4.28. The number of ether oxygens (including phenoxy) is 1. The number of anilines is 2. The molecule has 5 N–H and O–H groups in total. The number of carbonyl (C=O) groups is 2. The van der Waals surface area contributed by atoms with Gasteiger partial charge in [0.25, 0.3) is 5.91 Å². The van der Waals surface area contributed by atoms with Crippen LogP contribution in [0.15, 0.2) is 30.5 Å². The maximum Gasteiger partial charge on any atom is 0.314 e. The number of amides is 1. The summed E-state index contributed by atoms with van der Waals surface area (Å²) in [5.74, 6) is -0.853. The summed E-state index contributed by atoms with van der Waals surface area (Å²) in [5.41, 5.74) is 8.02. The number of aromatic amines is 1. The van der Waals surface area contributed by atoms with E-state index >= 15 is 0 Å². The third-order valence-electron chi connectivity index (χ3n) is 6.03. The number of aromatic nitrogens is 2. The third-order valence-corrected chi connectivity index (χ3v) is 6.03. The smallest absolute Gasteiger partial charge is 0.314 e. The topological polar surface area (TPSA) is 130 Å². The van der Waals surface area contributed by atoms with Crippen molar-refractivity contribution in [3.63, 3.8) is 0 Å². The zero-order valence-electron chi connectivity index (χ0n) is 16.7. The largest absolute Gasteiger partial charge is 0.481 e. The van der Waals surface area contributed by atoms with Gasteiger partial charge in [-0.1, -0.05) is 12.1 Å². The number of nitrogen functional groups attached to an aromatic ring is 1. The molecule has 1 aromatic heterocycles. The Balaban J connectivity index is 1.74. The standard InChI is InChI=1S/C22H26N4O4/c23-18-13-24-19(26-18)20(27)25-17-7-6-15(12-16(17)14-4-2-1-3-5-14)22(21(28)29)8-10-30-11-9-22/h4,6-7,12-13H,1-3,5,8-11,23H2,(H,24,26)(H,25,27)(H,28,29). The van der Waals surface area contributed by atoms with Crippen molar-refractivity contribution in [2.75, 3.05) is 24.3 Å². The number of benzene rings is 1. The van der Waals surface area contributed by atoms with Gasteiger partial charge in [-0.3, -0.25) is 9.59 Å². The van der Waals surface area contributed by atoms with Gasteiger partial charge in [0.2, 0.25) is 0 Å². The molecule has 1 fully saturated rings. The number of H-pyrrole nitrogens is 1. The Bertz CT molecular complexity index is 989. The molecule has 0 unspecified atom stereocenters. The van der Waals surface area contributed by atoms with Gasteiger partial charge in [0.15, 0.2) is 5.82 Å². The number of aliphatic carboxylic acids is 1. The van der Waals surface area contributed by atoms with E-state index in [9.17, 15) is 14.7 Å². The molecule has 0 radical (unpaired) electrons. The molecule has 1 amide bonds. The predicted octanol–water partition coefficient (Wildman–Crippen LogP) is 3.33. The maximum atomic E-state index is 12.6. The summed E-state index contributed by atoms with van der Waals surface area (Å²) >= 11 is 0. The number of nitrogens with one attached hydrogen (secondary N) is 2. The van der Waals surface area contributed by atoms with E-state index < -0.39 is 17.3 Å². The molecular formula is C22H26N4O4. The highest BCUT2D eigenvalue weighted by Gasteiger charge is 2.42. The van der Waals surface area contributed by atoms with E-state index in [1.807, 2.05) is 6.07 Å². The molecule has 1 aliphatic carbocycles. The van der Waals surface area contributed by atoms with Gasteiger partial charge in [-0.05, 0) is 61.8 Å². The predicted molar refractivity (Wildman–Crippen MR) is 113 cm³/mol.